The van der Waals surface area contributed by atoms with Crippen molar-refractivity contribution in [3.63, 3.8) is 0 Å². The largest absolute Gasteiger partial charge is 0.507 e. The maximum atomic E-state index is 14.1. The summed E-state index contributed by atoms with van der Waals surface area (Å²) in [7, 11) is 0. The Bertz CT molecular complexity index is 1190. The molecule has 3 aromatic rings. The second kappa shape index (κ2) is 12.7. The highest BCUT2D eigenvalue weighted by Gasteiger charge is 2.14. The summed E-state index contributed by atoms with van der Waals surface area (Å²) < 4.78 is 41.4. The lowest BCUT2D eigenvalue weighted by Gasteiger charge is -2.26. The van der Waals surface area contributed by atoms with Crippen molar-refractivity contribution in [2.45, 2.75) is 17.7 Å². The molecule has 0 unspecified atom stereocenters. The van der Waals surface area contributed by atoms with Crippen molar-refractivity contribution in [2.75, 3.05) is 44.2 Å². The number of halogens is 2. The summed E-state index contributed by atoms with van der Waals surface area (Å²) in [6.07, 6.45) is 1.67. The Balaban J connectivity index is 1.27. The van der Waals surface area contributed by atoms with Crippen molar-refractivity contribution in [3.05, 3.63) is 77.9 Å². The van der Waals surface area contributed by atoms with Crippen LogP contribution in [0.4, 0.5) is 14.5 Å². The van der Waals surface area contributed by atoms with Gasteiger partial charge in [0.1, 0.15) is 22.9 Å². The van der Waals surface area contributed by atoms with Gasteiger partial charge in [-0.2, -0.15) is 0 Å². The van der Waals surface area contributed by atoms with Crippen LogP contribution in [0.15, 0.2) is 65.6 Å². The fourth-order valence-electron chi connectivity index (χ4n) is 3.84. The van der Waals surface area contributed by atoms with Crippen LogP contribution < -0.4 is 4.72 Å². The zero-order valence-corrected chi connectivity index (χ0v) is 20.5. The number of rotatable bonds is 10. The van der Waals surface area contributed by atoms with E-state index >= 15 is 0 Å². The van der Waals surface area contributed by atoms with E-state index in [1.54, 1.807) is 24.3 Å². The number of carbonyl (C=O) groups excluding carboxylic acids is 1. The Kier molecular flexibility index (Phi) is 9.16. The number of ether oxygens (including phenoxy) is 2. The molecule has 0 amide bonds. The van der Waals surface area contributed by atoms with Gasteiger partial charge in [-0.3, -0.25) is 4.90 Å². The van der Waals surface area contributed by atoms with Gasteiger partial charge < -0.3 is 19.3 Å². The first kappa shape index (κ1) is 25.9. The number of hydrogen-bond acceptors (Lipinski definition) is 7. The van der Waals surface area contributed by atoms with Crippen LogP contribution in [0, 0.1) is 11.6 Å². The van der Waals surface area contributed by atoms with Gasteiger partial charge in [-0.05, 0) is 79.4 Å². The minimum absolute atomic E-state index is 0.0994. The van der Waals surface area contributed by atoms with Gasteiger partial charge in [-0.15, -0.1) is 0 Å². The summed E-state index contributed by atoms with van der Waals surface area (Å²) in [6, 6.07) is 15.0. The smallest absolute Gasteiger partial charge is 0.341 e. The number of nitrogens with zero attached hydrogens (tertiary/aromatic N) is 1. The second-order valence-electron chi connectivity index (χ2n) is 8.39. The standard InChI is InChI=1S/C27H28F2N2O4S/c28-20-6-9-25(29)24(17-20)19-4-3-5-22(16-19)36-30-21-7-8-23(26(32)18-21)27(33)35-13-2-1-10-31-11-14-34-15-12-31/h3-9,16-18,30,32H,1-2,10-15H2. The molecule has 1 heterocycles. The number of anilines is 1. The molecule has 0 bridgehead atoms. The highest BCUT2D eigenvalue weighted by atomic mass is 32.2. The maximum absolute atomic E-state index is 14.1. The Morgan fingerprint density at radius 3 is 2.69 bits per heavy atom. The Morgan fingerprint density at radius 2 is 1.89 bits per heavy atom. The van der Waals surface area contributed by atoms with Gasteiger partial charge >= 0.3 is 5.97 Å². The number of benzene rings is 3. The van der Waals surface area contributed by atoms with Gasteiger partial charge in [-0.25, -0.2) is 13.6 Å². The fourth-order valence-corrected chi connectivity index (χ4v) is 4.53. The molecular weight excluding hydrogens is 486 g/mol. The molecule has 0 aromatic heterocycles. The average molecular weight is 515 g/mol. The van der Waals surface area contributed by atoms with E-state index in [9.17, 15) is 18.7 Å². The zero-order chi connectivity index (χ0) is 25.3. The van der Waals surface area contributed by atoms with Crippen molar-refractivity contribution in [1.82, 2.24) is 4.90 Å². The normalized spacial score (nSPS) is 13.9. The summed E-state index contributed by atoms with van der Waals surface area (Å²) >= 11 is 1.24. The molecule has 0 aliphatic carbocycles. The third kappa shape index (κ3) is 7.19. The van der Waals surface area contributed by atoms with Crippen LogP contribution in [-0.2, 0) is 9.47 Å². The van der Waals surface area contributed by atoms with Crippen molar-refractivity contribution < 1.29 is 28.2 Å². The number of unbranched alkanes of at least 4 members (excludes halogenated alkanes) is 1. The van der Waals surface area contributed by atoms with E-state index in [1.165, 1.54) is 24.1 Å². The lowest BCUT2D eigenvalue weighted by molar-refractivity contribution is 0.0348. The molecule has 1 fully saturated rings. The van der Waals surface area contributed by atoms with Crippen molar-refractivity contribution in [1.29, 1.82) is 0 Å². The molecule has 1 saturated heterocycles. The van der Waals surface area contributed by atoms with E-state index in [2.05, 4.69) is 9.62 Å². The number of carbonyl (C=O) groups is 1. The monoisotopic (exact) mass is 514 g/mol. The van der Waals surface area contributed by atoms with Crippen LogP contribution in [0.5, 0.6) is 5.75 Å². The third-order valence-electron chi connectivity index (χ3n) is 5.78. The molecule has 1 aliphatic heterocycles. The van der Waals surface area contributed by atoms with Crippen LogP contribution in [0.25, 0.3) is 11.1 Å². The van der Waals surface area contributed by atoms with Gasteiger partial charge in [0.2, 0.25) is 0 Å². The topological polar surface area (TPSA) is 71.0 Å². The summed E-state index contributed by atoms with van der Waals surface area (Å²) in [5.41, 5.74) is 1.40. The number of phenolic OH excluding ortho intramolecular Hbond substituents is 1. The van der Waals surface area contributed by atoms with Gasteiger partial charge in [0, 0.05) is 35.3 Å². The minimum atomic E-state index is -0.567. The molecule has 0 atom stereocenters. The van der Waals surface area contributed by atoms with E-state index < -0.39 is 17.6 Å². The quantitative estimate of drug-likeness (QED) is 0.204. The summed E-state index contributed by atoms with van der Waals surface area (Å²) in [5, 5.41) is 10.3. The fraction of sp³-hybridized carbons (Fsp3) is 0.296. The highest BCUT2D eigenvalue weighted by Crippen LogP contribution is 2.30. The van der Waals surface area contributed by atoms with Crippen LogP contribution >= 0.6 is 11.9 Å². The number of nitrogens with one attached hydrogen (secondary N) is 1. The average Bonchev–Trinajstić information content (AvgIpc) is 2.89. The van der Waals surface area contributed by atoms with Gasteiger partial charge in [-0.1, -0.05) is 12.1 Å². The van der Waals surface area contributed by atoms with Crippen LogP contribution in [0.1, 0.15) is 23.2 Å². The lowest BCUT2D eigenvalue weighted by Crippen LogP contribution is -2.36. The number of morpholine rings is 1. The Hall–Kier alpha value is -3.14. The summed E-state index contributed by atoms with van der Waals surface area (Å²) in [4.78, 5) is 15.4. The second-order valence-corrected chi connectivity index (χ2v) is 9.26. The summed E-state index contributed by atoms with van der Waals surface area (Å²) in [6.45, 7) is 4.63. The highest BCUT2D eigenvalue weighted by molar-refractivity contribution is 8.00. The van der Waals surface area contributed by atoms with Gasteiger partial charge in [0.15, 0.2) is 0 Å². The van der Waals surface area contributed by atoms with Gasteiger partial charge in [0.05, 0.1) is 19.8 Å². The first-order valence-corrected chi connectivity index (χ1v) is 12.6. The minimum Gasteiger partial charge on any atom is -0.507 e. The van der Waals surface area contributed by atoms with Crippen molar-refractivity contribution in [2.24, 2.45) is 0 Å². The van der Waals surface area contributed by atoms with E-state index in [1.807, 2.05) is 6.07 Å². The van der Waals surface area contributed by atoms with E-state index in [0.717, 1.165) is 68.8 Å². The number of phenols is 1. The molecule has 9 heteroatoms. The molecule has 0 spiro atoms. The lowest BCUT2D eigenvalue weighted by atomic mass is 10.1. The molecule has 2 N–H and O–H groups in total. The molecule has 190 valence electrons. The third-order valence-corrected chi connectivity index (χ3v) is 6.61. The van der Waals surface area contributed by atoms with Crippen molar-refractivity contribution >= 4 is 23.6 Å². The molecule has 0 radical (unpaired) electrons. The SMILES string of the molecule is O=C(OCCCCN1CCOCC1)c1ccc(NSc2cccc(-c3cc(F)ccc3F)c2)cc1O. The van der Waals surface area contributed by atoms with Crippen LogP contribution in [-0.4, -0.2) is 55.4 Å². The van der Waals surface area contributed by atoms with Crippen molar-refractivity contribution in [3.8, 4) is 16.9 Å². The van der Waals surface area contributed by atoms with E-state index in [4.69, 9.17) is 9.47 Å². The molecular formula is C27H28F2N2O4S. The predicted molar refractivity (Wildman–Crippen MR) is 136 cm³/mol. The van der Waals surface area contributed by atoms with E-state index in [0.29, 0.717) is 17.9 Å². The Morgan fingerprint density at radius 1 is 1.06 bits per heavy atom. The molecule has 0 saturated carbocycles. The molecule has 1 aliphatic rings. The van der Waals surface area contributed by atoms with E-state index in [-0.39, 0.29) is 16.9 Å². The number of esters is 1. The zero-order valence-electron chi connectivity index (χ0n) is 19.7. The van der Waals surface area contributed by atoms with Crippen LogP contribution in [0.2, 0.25) is 0 Å². The molecule has 6 nitrogen and oxygen atoms in total. The predicted octanol–water partition coefficient (Wildman–Crippen LogP) is 5.73. The molecule has 3 aromatic carbocycles. The number of aromatic hydroxyl groups is 1. The molecule has 4 rings (SSSR count). The first-order valence-electron chi connectivity index (χ1n) is 11.8. The molecule has 36 heavy (non-hydrogen) atoms. The summed E-state index contributed by atoms with van der Waals surface area (Å²) in [5.74, 6) is -1.77. The van der Waals surface area contributed by atoms with Crippen LogP contribution in [0.3, 0.4) is 0 Å². The first-order chi connectivity index (χ1) is 17.5. The Labute approximate surface area is 213 Å². The van der Waals surface area contributed by atoms with Gasteiger partial charge in [0.25, 0.3) is 0 Å². The number of hydrogen-bond donors (Lipinski definition) is 2. The maximum Gasteiger partial charge on any atom is 0.341 e.